The van der Waals surface area contributed by atoms with Crippen LogP contribution in [0.25, 0.3) is 0 Å². The highest BCUT2D eigenvalue weighted by Crippen LogP contribution is 2.33. The second kappa shape index (κ2) is 6.79. The quantitative estimate of drug-likeness (QED) is 0.890. The number of alkyl halides is 3. The monoisotopic (exact) mass is 317 g/mol. The molecule has 0 bridgehead atoms. The minimum absolute atomic E-state index is 0. The first-order valence-electron chi connectivity index (χ1n) is 5.44. The van der Waals surface area contributed by atoms with Gasteiger partial charge < -0.3 is 10.8 Å². The van der Waals surface area contributed by atoms with Crippen molar-refractivity contribution in [1.29, 1.82) is 0 Å². The molecule has 0 aliphatic carbocycles. The summed E-state index contributed by atoms with van der Waals surface area (Å²) in [6.07, 6.45) is -5.41. The van der Waals surface area contributed by atoms with Crippen LogP contribution >= 0.6 is 24.0 Å². The summed E-state index contributed by atoms with van der Waals surface area (Å²) in [5.74, 6) is -0.159. The number of aliphatic hydroxyl groups excluding tert-OH is 1. The Kier molecular flexibility index (Phi) is 6.62. The summed E-state index contributed by atoms with van der Waals surface area (Å²) in [5.41, 5.74) is 5.06. The lowest BCUT2D eigenvalue weighted by Gasteiger charge is -2.23. The van der Waals surface area contributed by atoms with E-state index in [1.54, 1.807) is 13.8 Å². The van der Waals surface area contributed by atoms with Gasteiger partial charge in [0.25, 0.3) is 0 Å². The van der Waals surface area contributed by atoms with E-state index in [1.165, 1.54) is 6.07 Å². The number of halogens is 5. The number of benzene rings is 1. The van der Waals surface area contributed by atoms with Crippen molar-refractivity contribution in [2.75, 3.05) is 0 Å². The molecule has 0 saturated heterocycles. The lowest BCUT2D eigenvalue weighted by Crippen LogP contribution is -2.30. The maximum atomic E-state index is 12.6. The van der Waals surface area contributed by atoms with E-state index in [2.05, 4.69) is 0 Å². The van der Waals surface area contributed by atoms with Crippen LogP contribution in [-0.2, 0) is 6.18 Å². The van der Waals surface area contributed by atoms with Crippen molar-refractivity contribution >= 4 is 24.0 Å². The van der Waals surface area contributed by atoms with Crippen LogP contribution < -0.4 is 5.73 Å². The minimum Gasteiger partial charge on any atom is -0.391 e. The third-order valence-corrected chi connectivity index (χ3v) is 2.90. The summed E-state index contributed by atoms with van der Waals surface area (Å²) >= 11 is 5.65. The van der Waals surface area contributed by atoms with Crippen LogP contribution in [-0.4, -0.2) is 11.2 Å². The molecule has 1 rings (SSSR count). The summed E-state index contributed by atoms with van der Waals surface area (Å²) in [4.78, 5) is 0. The zero-order valence-corrected chi connectivity index (χ0v) is 12.0. The smallest absolute Gasteiger partial charge is 0.391 e. The van der Waals surface area contributed by atoms with Gasteiger partial charge in [-0.2, -0.15) is 13.2 Å². The van der Waals surface area contributed by atoms with Gasteiger partial charge in [-0.3, -0.25) is 0 Å². The molecule has 7 heteroatoms. The number of hydrogen-bond acceptors (Lipinski definition) is 2. The Morgan fingerprint density at radius 2 is 1.74 bits per heavy atom. The topological polar surface area (TPSA) is 46.2 Å². The van der Waals surface area contributed by atoms with Crippen molar-refractivity contribution in [3.63, 3.8) is 0 Å². The highest BCUT2D eigenvalue weighted by atomic mass is 35.5. The summed E-state index contributed by atoms with van der Waals surface area (Å²) < 4.78 is 37.8. The summed E-state index contributed by atoms with van der Waals surface area (Å²) in [5, 5.41) is 9.73. The summed E-state index contributed by atoms with van der Waals surface area (Å²) in [6, 6.07) is 2.19. The predicted molar refractivity (Wildman–Crippen MR) is 71.5 cm³/mol. The van der Waals surface area contributed by atoms with Crippen LogP contribution in [0.15, 0.2) is 18.2 Å². The third-order valence-electron chi connectivity index (χ3n) is 2.68. The second-order valence-electron chi connectivity index (χ2n) is 4.53. The normalized spacial score (nSPS) is 15.0. The van der Waals surface area contributed by atoms with E-state index in [-0.39, 0.29) is 28.9 Å². The van der Waals surface area contributed by atoms with Gasteiger partial charge in [-0.1, -0.05) is 25.4 Å². The number of hydrogen-bond donors (Lipinski definition) is 2. The molecule has 0 amide bonds. The molecule has 0 saturated carbocycles. The van der Waals surface area contributed by atoms with Gasteiger partial charge in [-0.25, -0.2) is 0 Å². The summed E-state index contributed by atoms with van der Waals surface area (Å²) in [7, 11) is 0. The number of nitrogens with two attached hydrogens (primary N) is 1. The van der Waals surface area contributed by atoms with Crippen molar-refractivity contribution in [2.24, 2.45) is 11.7 Å². The zero-order chi connectivity index (χ0) is 14.1. The molecule has 0 radical (unpaired) electrons. The van der Waals surface area contributed by atoms with E-state index in [0.717, 1.165) is 12.1 Å². The SMILES string of the molecule is CC(C)[C@H](O)[C@H](N)c1cc(Cl)cc(C(F)(F)F)c1.Cl. The Morgan fingerprint density at radius 3 is 2.16 bits per heavy atom. The Bertz CT molecular complexity index is 424. The van der Waals surface area contributed by atoms with Gasteiger partial charge in [0.15, 0.2) is 0 Å². The highest BCUT2D eigenvalue weighted by molar-refractivity contribution is 6.30. The van der Waals surface area contributed by atoms with E-state index in [1.807, 2.05) is 0 Å². The van der Waals surface area contributed by atoms with E-state index >= 15 is 0 Å². The van der Waals surface area contributed by atoms with Gasteiger partial charge in [0, 0.05) is 5.02 Å². The predicted octanol–water partition coefficient (Wildman–Crippen LogP) is 3.80. The molecule has 0 aliphatic rings. The first kappa shape index (κ1) is 18.5. The molecule has 3 N–H and O–H groups in total. The average molecular weight is 318 g/mol. The van der Waals surface area contributed by atoms with E-state index in [0.29, 0.717) is 0 Å². The summed E-state index contributed by atoms with van der Waals surface area (Å²) in [6.45, 7) is 3.47. The zero-order valence-electron chi connectivity index (χ0n) is 10.4. The first-order chi connectivity index (χ1) is 8.12. The maximum Gasteiger partial charge on any atom is 0.416 e. The molecule has 0 aliphatic heterocycles. The van der Waals surface area contributed by atoms with Crippen molar-refractivity contribution in [1.82, 2.24) is 0 Å². The Hall–Kier alpha value is -0.490. The molecule has 2 nitrogen and oxygen atoms in total. The van der Waals surface area contributed by atoms with Crippen LogP contribution in [0, 0.1) is 5.92 Å². The van der Waals surface area contributed by atoms with Crippen LogP contribution in [0.2, 0.25) is 5.02 Å². The van der Waals surface area contributed by atoms with Crippen molar-refractivity contribution in [2.45, 2.75) is 32.2 Å². The van der Waals surface area contributed by atoms with E-state index in [4.69, 9.17) is 17.3 Å². The van der Waals surface area contributed by atoms with Gasteiger partial charge in [-0.15, -0.1) is 12.4 Å². The first-order valence-corrected chi connectivity index (χ1v) is 5.82. The van der Waals surface area contributed by atoms with Crippen molar-refractivity contribution in [3.05, 3.63) is 34.3 Å². The number of rotatable bonds is 3. The molecule has 2 atom stereocenters. The van der Waals surface area contributed by atoms with Gasteiger partial charge in [-0.05, 0) is 29.7 Å². The third kappa shape index (κ3) is 4.84. The average Bonchev–Trinajstić information content (AvgIpc) is 2.24. The highest BCUT2D eigenvalue weighted by Gasteiger charge is 2.32. The largest absolute Gasteiger partial charge is 0.416 e. The van der Waals surface area contributed by atoms with E-state index < -0.39 is 23.9 Å². The van der Waals surface area contributed by atoms with E-state index in [9.17, 15) is 18.3 Å². The number of aliphatic hydroxyl groups is 1. The molecule has 1 aromatic rings. The fourth-order valence-corrected chi connectivity index (χ4v) is 1.82. The lowest BCUT2D eigenvalue weighted by molar-refractivity contribution is -0.137. The molecule has 0 aromatic heterocycles. The minimum atomic E-state index is -4.48. The van der Waals surface area contributed by atoms with Crippen molar-refractivity contribution in [3.8, 4) is 0 Å². The fraction of sp³-hybridized carbons (Fsp3) is 0.500. The van der Waals surface area contributed by atoms with Crippen LogP contribution in [0.1, 0.15) is 31.0 Å². The van der Waals surface area contributed by atoms with Crippen LogP contribution in [0.4, 0.5) is 13.2 Å². The maximum absolute atomic E-state index is 12.6. The van der Waals surface area contributed by atoms with Crippen LogP contribution in [0.5, 0.6) is 0 Å². The molecule has 19 heavy (non-hydrogen) atoms. The Balaban J connectivity index is 0.00000324. The Labute approximate surface area is 121 Å². The molecule has 110 valence electrons. The molecule has 0 fully saturated rings. The molecular formula is C12H16Cl2F3NO. The Morgan fingerprint density at radius 1 is 1.21 bits per heavy atom. The van der Waals surface area contributed by atoms with Crippen LogP contribution in [0.3, 0.4) is 0 Å². The standard InChI is InChI=1S/C12H15ClF3NO.ClH/c1-6(2)11(18)10(17)7-3-8(12(14,15)16)5-9(13)4-7;/h3-6,10-11,18H,17H2,1-2H3;1H/t10-,11+;/m1./s1. The van der Waals surface area contributed by atoms with Gasteiger partial charge in [0.2, 0.25) is 0 Å². The second-order valence-corrected chi connectivity index (χ2v) is 4.97. The fourth-order valence-electron chi connectivity index (χ4n) is 1.58. The lowest BCUT2D eigenvalue weighted by atomic mass is 9.93. The molecule has 1 aromatic carbocycles. The molecule has 0 unspecified atom stereocenters. The molecular weight excluding hydrogens is 302 g/mol. The molecule has 0 spiro atoms. The van der Waals surface area contributed by atoms with Gasteiger partial charge in [0.1, 0.15) is 0 Å². The van der Waals surface area contributed by atoms with Gasteiger partial charge in [0.05, 0.1) is 17.7 Å². The van der Waals surface area contributed by atoms with Gasteiger partial charge >= 0.3 is 6.18 Å². The van der Waals surface area contributed by atoms with Crippen molar-refractivity contribution < 1.29 is 18.3 Å². The molecule has 0 heterocycles.